The predicted molar refractivity (Wildman–Crippen MR) is 79.3 cm³/mol. The Morgan fingerprint density at radius 3 is 2.80 bits per heavy atom. The summed E-state index contributed by atoms with van der Waals surface area (Å²) in [4.78, 5) is 8.69. The first-order valence-electron chi connectivity index (χ1n) is 7.62. The van der Waals surface area contributed by atoms with Crippen LogP contribution in [0.4, 0.5) is 5.95 Å². The molecule has 0 spiro atoms. The number of ether oxygens (including phenoxy) is 2. The molecule has 20 heavy (non-hydrogen) atoms. The fraction of sp³-hybridized carbons (Fsp3) is 0.733. The van der Waals surface area contributed by atoms with Crippen LogP contribution >= 0.6 is 0 Å². The Kier molecular flexibility index (Phi) is 6.05. The molecule has 0 amide bonds. The van der Waals surface area contributed by atoms with E-state index in [2.05, 4.69) is 22.2 Å². The van der Waals surface area contributed by atoms with Gasteiger partial charge in [-0.1, -0.05) is 19.8 Å². The molecule has 1 aliphatic carbocycles. The van der Waals surface area contributed by atoms with Gasteiger partial charge in [0.25, 0.3) is 0 Å². The first-order valence-corrected chi connectivity index (χ1v) is 7.62. The minimum Gasteiger partial charge on any atom is -0.478 e. The quantitative estimate of drug-likeness (QED) is 0.741. The molecule has 0 atom stereocenters. The molecular formula is C15H25N3O2. The molecular weight excluding hydrogens is 254 g/mol. The summed E-state index contributed by atoms with van der Waals surface area (Å²) in [5, 5.41) is 3.20. The van der Waals surface area contributed by atoms with Crippen molar-refractivity contribution in [1.82, 2.24) is 9.97 Å². The highest BCUT2D eigenvalue weighted by Crippen LogP contribution is 2.20. The SMILES string of the molecule is CCCOc1cc(C)nc(NCCOC2CCCC2)n1. The molecule has 0 unspecified atom stereocenters. The minimum atomic E-state index is 0.457. The van der Waals surface area contributed by atoms with E-state index in [1.54, 1.807) is 0 Å². The zero-order chi connectivity index (χ0) is 14.2. The Bertz CT molecular complexity index is 406. The third-order valence-electron chi connectivity index (χ3n) is 3.33. The average Bonchev–Trinajstić information content (AvgIpc) is 2.94. The normalized spacial score (nSPS) is 15.5. The summed E-state index contributed by atoms with van der Waals surface area (Å²) >= 11 is 0. The Morgan fingerprint density at radius 2 is 2.05 bits per heavy atom. The van der Waals surface area contributed by atoms with Crippen LogP contribution in [-0.2, 0) is 4.74 Å². The number of hydrogen-bond donors (Lipinski definition) is 1. The third kappa shape index (κ3) is 4.96. The maximum atomic E-state index is 5.80. The van der Waals surface area contributed by atoms with Crippen molar-refractivity contribution in [2.45, 2.75) is 52.1 Å². The van der Waals surface area contributed by atoms with E-state index in [0.717, 1.165) is 18.7 Å². The molecule has 1 aromatic rings. The number of nitrogens with zero attached hydrogens (tertiary/aromatic N) is 2. The summed E-state index contributed by atoms with van der Waals surface area (Å²) in [7, 11) is 0. The van der Waals surface area contributed by atoms with Crippen molar-refractivity contribution in [2.75, 3.05) is 25.1 Å². The monoisotopic (exact) mass is 279 g/mol. The van der Waals surface area contributed by atoms with Gasteiger partial charge in [0.15, 0.2) is 0 Å². The summed E-state index contributed by atoms with van der Waals surface area (Å²) in [6.07, 6.45) is 6.44. The van der Waals surface area contributed by atoms with Gasteiger partial charge in [0.1, 0.15) is 0 Å². The van der Waals surface area contributed by atoms with Crippen molar-refractivity contribution in [1.29, 1.82) is 0 Å². The van der Waals surface area contributed by atoms with Gasteiger partial charge >= 0.3 is 0 Å². The molecule has 1 N–H and O–H groups in total. The van der Waals surface area contributed by atoms with Crippen LogP contribution in [-0.4, -0.2) is 35.8 Å². The predicted octanol–water partition coefficient (Wildman–Crippen LogP) is 2.94. The molecule has 1 aliphatic rings. The lowest BCUT2D eigenvalue weighted by Gasteiger charge is -2.12. The maximum Gasteiger partial charge on any atom is 0.226 e. The van der Waals surface area contributed by atoms with Crippen LogP contribution in [0.15, 0.2) is 6.07 Å². The van der Waals surface area contributed by atoms with Crippen LogP contribution in [0.1, 0.15) is 44.7 Å². The second kappa shape index (κ2) is 8.04. The largest absolute Gasteiger partial charge is 0.478 e. The average molecular weight is 279 g/mol. The molecule has 5 nitrogen and oxygen atoms in total. The van der Waals surface area contributed by atoms with Crippen LogP contribution in [0, 0.1) is 6.92 Å². The van der Waals surface area contributed by atoms with Gasteiger partial charge in [0, 0.05) is 18.3 Å². The smallest absolute Gasteiger partial charge is 0.226 e. The molecule has 2 rings (SSSR count). The number of aryl methyl sites for hydroxylation is 1. The van der Waals surface area contributed by atoms with Crippen LogP contribution in [0.5, 0.6) is 5.88 Å². The number of aromatic nitrogens is 2. The maximum absolute atomic E-state index is 5.80. The highest BCUT2D eigenvalue weighted by atomic mass is 16.5. The van der Waals surface area contributed by atoms with E-state index in [9.17, 15) is 0 Å². The van der Waals surface area contributed by atoms with Crippen molar-refractivity contribution in [3.8, 4) is 5.88 Å². The molecule has 112 valence electrons. The number of hydrogen-bond acceptors (Lipinski definition) is 5. The van der Waals surface area contributed by atoms with Gasteiger partial charge in [-0.05, 0) is 26.2 Å². The molecule has 0 bridgehead atoms. The molecule has 0 radical (unpaired) electrons. The minimum absolute atomic E-state index is 0.457. The lowest BCUT2D eigenvalue weighted by atomic mass is 10.3. The fourth-order valence-corrected chi connectivity index (χ4v) is 2.34. The standard InChI is InChI=1S/C15H25N3O2/c1-3-9-20-14-11-12(2)17-15(18-14)16-8-10-19-13-6-4-5-7-13/h11,13H,3-10H2,1-2H3,(H,16,17,18). The Hall–Kier alpha value is -1.36. The molecule has 1 aromatic heterocycles. The Balaban J connectivity index is 1.74. The van der Waals surface area contributed by atoms with Gasteiger partial charge in [-0.25, -0.2) is 4.98 Å². The van der Waals surface area contributed by atoms with Crippen molar-refractivity contribution < 1.29 is 9.47 Å². The van der Waals surface area contributed by atoms with Gasteiger partial charge in [0.05, 0.1) is 19.3 Å². The van der Waals surface area contributed by atoms with E-state index < -0.39 is 0 Å². The first kappa shape index (κ1) is 15.0. The van der Waals surface area contributed by atoms with Gasteiger partial charge in [-0.2, -0.15) is 4.98 Å². The summed E-state index contributed by atoms with van der Waals surface area (Å²) in [6, 6.07) is 1.86. The third-order valence-corrected chi connectivity index (χ3v) is 3.33. The molecule has 1 saturated carbocycles. The zero-order valence-corrected chi connectivity index (χ0v) is 12.5. The molecule has 1 heterocycles. The van der Waals surface area contributed by atoms with Gasteiger partial charge in [-0.3, -0.25) is 0 Å². The van der Waals surface area contributed by atoms with Gasteiger partial charge < -0.3 is 14.8 Å². The zero-order valence-electron chi connectivity index (χ0n) is 12.5. The van der Waals surface area contributed by atoms with Crippen LogP contribution in [0.3, 0.4) is 0 Å². The lowest BCUT2D eigenvalue weighted by Crippen LogP contribution is -2.16. The highest BCUT2D eigenvalue weighted by molar-refractivity contribution is 5.30. The van der Waals surface area contributed by atoms with Crippen molar-refractivity contribution in [3.05, 3.63) is 11.8 Å². The number of nitrogens with one attached hydrogen (secondary N) is 1. The first-order chi connectivity index (χ1) is 9.78. The summed E-state index contributed by atoms with van der Waals surface area (Å²) < 4.78 is 11.3. The van der Waals surface area contributed by atoms with E-state index in [1.807, 2.05) is 13.0 Å². The van der Waals surface area contributed by atoms with E-state index in [-0.39, 0.29) is 0 Å². The Morgan fingerprint density at radius 1 is 1.25 bits per heavy atom. The number of anilines is 1. The van der Waals surface area contributed by atoms with Crippen LogP contribution in [0.2, 0.25) is 0 Å². The highest BCUT2D eigenvalue weighted by Gasteiger charge is 2.14. The van der Waals surface area contributed by atoms with Crippen LogP contribution < -0.4 is 10.1 Å². The van der Waals surface area contributed by atoms with Crippen LogP contribution in [0.25, 0.3) is 0 Å². The van der Waals surface area contributed by atoms with E-state index in [4.69, 9.17) is 9.47 Å². The fourth-order valence-electron chi connectivity index (χ4n) is 2.34. The number of rotatable bonds is 8. The topological polar surface area (TPSA) is 56.3 Å². The second-order valence-corrected chi connectivity index (χ2v) is 5.22. The van der Waals surface area contributed by atoms with Crippen molar-refractivity contribution in [2.24, 2.45) is 0 Å². The molecule has 0 saturated heterocycles. The Labute approximate surface area is 121 Å². The van der Waals surface area contributed by atoms with E-state index in [0.29, 0.717) is 31.1 Å². The summed E-state index contributed by atoms with van der Waals surface area (Å²) in [6.45, 7) is 6.13. The van der Waals surface area contributed by atoms with Gasteiger partial charge in [-0.15, -0.1) is 0 Å². The van der Waals surface area contributed by atoms with E-state index in [1.165, 1.54) is 25.7 Å². The second-order valence-electron chi connectivity index (χ2n) is 5.22. The molecule has 0 aromatic carbocycles. The van der Waals surface area contributed by atoms with Crippen molar-refractivity contribution >= 4 is 5.95 Å². The van der Waals surface area contributed by atoms with Gasteiger partial charge in [0.2, 0.25) is 11.8 Å². The summed E-state index contributed by atoms with van der Waals surface area (Å²) in [5.74, 6) is 1.25. The summed E-state index contributed by atoms with van der Waals surface area (Å²) in [5.41, 5.74) is 0.908. The molecule has 1 fully saturated rings. The molecule has 0 aliphatic heterocycles. The van der Waals surface area contributed by atoms with E-state index >= 15 is 0 Å². The lowest BCUT2D eigenvalue weighted by molar-refractivity contribution is 0.0658. The van der Waals surface area contributed by atoms with Crippen molar-refractivity contribution in [3.63, 3.8) is 0 Å². The molecule has 5 heteroatoms.